The highest BCUT2D eigenvalue weighted by Crippen LogP contribution is 2.19. The standard InChI is InChI=1S/C21H26N2O2S/c1-5-17-7-9-18(10-8-17)22-20(24)13-26-16(4)21(25)23-19-11-6-14(2)12-15(19)3/h6-12,16H,5,13H2,1-4H3,(H,22,24)(H,23,25)/t16-/m1/s1. The lowest BCUT2D eigenvalue weighted by molar-refractivity contribution is -0.115. The molecule has 26 heavy (non-hydrogen) atoms. The van der Waals surface area contributed by atoms with Gasteiger partial charge in [-0.2, -0.15) is 0 Å². The van der Waals surface area contributed by atoms with Gasteiger partial charge in [-0.1, -0.05) is 36.8 Å². The van der Waals surface area contributed by atoms with Gasteiger partial charge in [0.05, 0.1) is 11.0 Å². The van der Waals surface area contributed by atoms with Gasteiger partial charge in [0.25, 0.3) is 0 Å². The Morgan fingerprint density at radius 2 is 1.73 bits per heavy atom. The number of amides is 2. The number of anilines is 2. The van der Waals surface area contributed by atoms with E-state index in [0.29, 0.717) is 0 Å². The van der Waals surface area contributed by atoms with Crippen LogP contribution in [0.15, 0.2) is 42.5 Å². The first-order chi connectivity index (χ1) is 12.4. The molecule has 2 N–H and O–H groups in total. The van der Waals surface area contributed by atoms with E-state index in [4.69, 9.17) is 0 Å². The predicted molar refractivity (Wildman–Crippen MR) is 111 cm³/mol. The second kappa shape index (κ2) is 9.43. The van der Waals surface area contributed by atoms with Crippen LogP contribution >= 0.6 is 11.8 Å². The van der Waals surface area contributed by atoms with Crippen molar-refractivity contribution in [3.63, 3.8) is 0 Å². The maximum absolute atomic E-state index is 12.3. The summed E-state index contributed by atoms with van der Waals surface area (Å²) in [6.07, 6.45) is 0.969. The van der Waals surface area contributed by atoms with Crippen molar-refractivity contribution in [1.29, 1.82) is 0 Å². The third kappa shape index (κ3) is 5.92. The third-order valence-corrected chi connectivity index (χ3v) is 5.26. The highest BCUT2D eigenvalue weighted by molar-refractivity contribution is 8.01. The molecule has 0 saturated heterocycles. The number of nitrogens with one attached hydrogen (secondary N) is 2. The van der Waals surface area contributed by atoms with Crippen molar-refractivity contribution in [2.45, 2.75) is 39.4 Å². The number of benzene rings is 2. The Morgan fingerprint density at radius 3 is 2.35 bits per heavy atom. The number of carbonyl (C=O) groups excluding carboxylic acids is 2. The number of hydrogen-bond donors (Lipinski definition) is 2. The first-order valence-corrected chi connectivity index (χ1v) is 9.82. The SMILES string of the molecule is CCc1ccc(NC(=O)CS[C@H](C)C(=O)Nc2ccc(C)cc2C)cc1. The van der Waals surface area contributed by atoms with Crippen molar-refractivity contribution >= 4 is 35.0 Å². The largest absolute Gasteiger partial charge is 0.325 e. The monoisotopic (exact) mass is 370 g/mol. The number of rotatable bonds is 7. The van der Waals surface area contributed by atoms with Gasteiger partial charge in [-0.05, 0) is 56.5 Å². The van der Waals surface area contributed by atoms with Gasteiger partial charge in [-0.25, -0.2) is 0 Å². The summed E-state index contributed by atoms with van der Waals surface area (Å²) in [4.78, 5) is 24.4. The van der Waals surface area contributed by atoms with E-state index >= 15 is 0 Å². The Kier molecular flexibility index (Phi) is 7.27. The Bertz CT molecular complexity index is 772. The molecule has 2 aromatic rings. The molecule has 0 aromatic heterocycles. The van der Waals surface area contributed by atoms with Gasteiger partial charge in [0, 0.05) is 11.4 Å². The molecule has 0 saturated carbocycles. The highest BCUT2D eigenvalue weighted by atomic mass is 32.2. The summed E-state index contributed by atoms with van der Waals surface area (Å²) in [5.74, 6) is 0.0317. The average molecular weight is 371 g/mol. The van der Waals surface area contributed by atoms with E-state index in [9.17, 15) is 9.59 Å². The molecule has 0 heterocycles. The van der Waals surface area contributed by atoms with Gasteiger partial charge in [0.1, 0.15) is 0 Å². The van der Waals surface area contributed by atoms with Crippen molar-refractivity contribution in [1.82, 2.24) is 0 Å². The maximum atomic E-state index is 12.3. The van der Waals surface area contributed by atoms with Crippen LogP contribution in [-0.4, -0.2) is 22.8 Å². The third-order valence-electron chi connectivity index (χ3n) is 4.12. The van der Waals surface area contributed by atoms with Crippen LogP contribution in [0.25, 0.3) is 0 Å². The molecule has 2 amide bonds. The molecule has 2 aromatic carbocycles. The fraction of sp³-hybridized carbons (Fsp3) is 0.333. The Hall–Kier alpha value is -2.27. The number of thioether (sulfide) groups is 1. The van der Waals surface area contributed by atoms with E-state index in [2.05, 4.69) is 17.6 Å². The van der Waals surface area contributed by atoms with E-state index in [-0.39, 0.29) is 22.8 Å². The fourth-order valence-electron chi connectivity index (χ4n) is 2.49. The summed E-state index contributed by atoms with van der Waals surface area (Å²) in [5.41, 5.74) is 5.01. The molecule has 4 nitrogen and oxygen atoms in total. The fourth-order valence-corrected chi connectivity index (χ4v) is 3.17. The topological polar surface area (TPSA) is 58.2 Å². The van der Waals surface area contributed by atoms with Gasteiger partial charge < -0.3 is 10.6 Å². The maximum Gasteiger partial charge on any atom is 0.237 e. The molecule has 0 spiro atoms. The summed E-state index contributed by atoms with van der Waals surface area (Å²) in [6, 6.07) is 13.7. The lowest BCUT2D eigenvalue weighted by Crippen LogP contribution is -2.25. The second-order valence-electron chi connectivity index (χ2n) is 6.36. The summed E-state index contributed by atoms with van der Waals surface area (Å²) in [7, 11) is 0. The molecule has 2 rings (SSSR count). The van der Waals surface area contributed by atoms with Crippen LogP contribution in [0.3, 0.4) is 0 Å². The van der Waals surface area contributed by atoms with Crippen LogP contribution in [-0.2, 0) is 16.0 Å². The number of carbonyl (C=O) groups is 2. The van der Waals surface area contributed by atoms with Crippen LogP contribution in [0.4, 0.5) is 11.4 Å². The molecular formula is C21H26N2O2S. The predicted octanol–water partition coefficient (Wildman–Crippen LogP) is 4.56. The highest BCUT2D eigenvalue weighted by Gasteiger charge is 2.16. The van der Waals surface area contributed by atoms with E-state index in [1.165, 1.54) is 17.3 Å². The number of aryl methyl sites for hydroxylation is 3. The minimum Gasteiger partial charge on any atom is -0.325 e. The molecule has 138 valence electrons. The molecule has 5 heteroatoms. The molecule has 0 radical (unpaired) electrons. The summed E-state index contributed by atoms with van der Waals surface area (Å²) < 4.78 is 0. The van der Waals surface area contributed by atoms with Crippen LogP contribution < -0.4 is 10.6 Å². The molecule has 0 aliphatic heterocycles. The van der Waals surface area contributed by atoms with Gasteiger partial charge >= 0.3 is 0 Å². The second-order valence-corrected chi connectivity index (χ2v) is 7.69. The molecule has 0 fully saturated rings. The Balaban J connectivity index is 1.81. The van der Waals surface area contributed by atoms with Crippen molar-refractivity contribution in [2.75, 3.05) is 16.4 Å². The lowest BCUT2D eigenvalue weighted by Gasteiger charge is -2.14. The quantitative estimate of drug-likeness (QED) is 0.751. The molecule has 0 aliphatic rings. The molecule has 1 atom stereocenters. The lowest BCUT2D eigenvalue weighted by atomic mass is 10.1. The summed E-state index contributed by atoms with van der Waals surface area (Å²) in [5, 5.41) is 5.48. The molecule has 0 bridgehead atoms. The number of hydrogen-bond acceptors (Lipinski definition) is 3. The first kappa shape index (κ1) is 20.0. The van der Waals surface area contributed by atoms with E-state index in [0.717, 1.165) is 28.9 Å². The smallest absolute Gasteiger partial charge is 0.237 e. The van der Waals surface area contributed by atoms with Crippen LogP contribution in [0.1, 0.15) is 30.5 Å². The van der Waals surface area contributed by atoms with E-state index in [1.54, 1.807) is 0 Å². The Labute approximate surface area is 159 Å². The van der Waals surface area contributed by atoms with Crippen molar-refractivity contribution < 1.29 is 9.59 Å². The zero-order valence-corrected chi connectivity index (χ0v) is 16.6. The van der Waals surface area contributed by atoms with Crippen LogP contribution in [0.2, 0.25) is 0 Å². The van der Waals surface area contributed by atoms with Gasteiger partial charge in [-0.15, -0.1) is 11.8 Å². The Morgan fingerprint density at radius 1 is 1.04 bits per heavy atom. The van der Waals surface area contributed by atoms with E-state index in [1.807, 2.05) is 63.2 Å². The molecule has 0 aliphatic carbocycles. The normalized spacial score (nSPS) is 11.7. The minimum atomic E-state index is -0.316. The molecular weight excluding hydrogens is 344 g/mol. The van der Waals surface area contributed by atoms with Crippen LogP contribution in [0, 0.1) is 13.8 Å². The van der Waals surface area contributed by atoms with Crippen LogP contribution in [0.5, 0.6) is 0 Å². The summed E-state index contributed by atoms with van der Waals surface area (Å²) in [6.45, 7) is 7.89. The van der Waals surface area contributed by atoms with Crippen molar-refractivity contribution in [2.24, 2.45) is 0 Å². The zero-order chi connectivity index (χ0) is 19.1. The first-order valence-electron chi connectivity index (χ1n) is 8.77. The van der Waals surface area contributed by atoms with Crippen molar-refractivity contribution in [3.05, 3.63) is 59.2 Å². The summed E-state index contributed by atoms with van der Waals surface area (Å²) >= 11 is 1.32. The minimum absolute atomic E-state index is 0.0953. The van der Waals surface area contributed by atoms with Crippen molar-refractivity contribution in [3.8, 4) is 0 Å². The van der Waals surface area contributed by atoms with E-state index < -0.39 is 0 Å². The zero-order valence-electron chi connectivity index (χ0n) is 15.8. The molecule has 0 unspecified atom stereocenters. The van der Waals surface area contributed by atoms with Gasteiger partial charge in [0.2, 0.25) is 11.8 Å². The van der Waals surface area contributed by atoms with Gasteiger partial charge in [-0.3, -0.25) is 9.59 Å². The average Bonchev–Trinajstić information content (AvgIpc) is 2.62. The van der Waals surface area contributed by atoms with Gasteiger partial charge in [0.15, 0.2) is 0 Å².